The molecule has 1 aromatic heterocycles. The van der Waals surface area contributed by atoms with Crippen LogP contribution in [0.15, 0.2) is 23.1 Å². The van der Waals surface area contributed by atoms with Gasteiger partial charge >= 0.3 is 0 Å². The van der Waals surface area contributed by atoms with Crippen LogP contribution in [0.4, 0.5) is 13.2 Å². The van der Waals surface area contributed by atoms with Gasteiger partial charge in [-0.3, -0.25) is 14.4 Å². The van der Waals surface area contributed by atoms with E-state index in [1.807, 2.05) is 0 Å². The normalized spacial score (nSPS) is 23.2. The highest BCUT2D eigenvalue weighted by molar-refractivity contribution is 5.99. The number of amides is 2. The summed E-state index contributed by atoms with van der Waals surface area (Å²) in [4.78, 5) is 40.6. The molecule has 1 aliphatic carbocycles. The number of ether oxygens (including phenoxy) is 2. The molecule has 3 aliphatic rings. The SMILES string of the molecule is COc1c2n(cc(C(=O)NCc3c(F)cc(F)cc3F)c1=O)C[C@@H]1O[C@@H]3CC[C@@H](C3)N1C2=O. The predicted octanol–water partition coefficient (Wildman–Crippen LogP) is 1.94. The van der Waals surface area contributed by atoms with Gasteiger partial charge in [0.1, 0.15) is 23.0 Å². The molecule has 1 saturated carbocycles. The number of carbonyl (C=O) groups excluding carboxylic acids is 2. The third kappa shape index (κ3) is 3.47. The third-order valence-corrected chi connectivity index (χ3v) is 6.42. The smallest absolute Gasteiger partial charge is 0.276 e. The van der Waals surface area contributed by atoms with Crippen molar-refractivity contribution < 1.29 is 32.2 Å². The molecule has 0 radical (unpaired) electrons. The average molecular weight is 463 g/mol. The third-order valence-electron chi connectivity index (χ3n) is 6.42. The van der Waals surface area contributed by atoms with E-state index in [1.54, 1.807) is 4.90 Å². The lowest BCUT2D eigenvalue weighted by Crippen LogP contribution is -2.57. The van der Waals surface area contributed by atoms with Crippen LogP contribution in [-0.2, 0) is 17.8 Å². The first-order valence-corrected chi connectivity index (χ1v) is 10.5. The quantitative estimate of drug-likeness (QED) is 0.749. The van der Waals surface area contributed by atoms with Gasteiger partial charge in [0.15, 0.2) is 17.7 Å². The number of benzene rings is 1. The molecule has 5 rings (SSSR count). The summed E-state index contributed by atoms with van der Waals surface area (Å²) in [6.07, 6.45) is 3.17. The number of hydrogen-bond donors (Lipinski definition) is 1. The Morgan fingerprint density at radius 1 is 1.21 bits per heavy atom. The van der Waals surface area contributed by atoms with E-state index in [0.29, 0.717) is 12.1 Å². The van der Waals surface area contributed by atoms with Gasteiger partial charge in [0.25, 0.3) is 11.8 Å². The predicted molar refractivity (Wildman–Crippen MR) is 107 cm³/mol. The van der Waals surface area contributed by atoms with E-state index in [9.17, 15) is 27.6 Å². The molecule has 174 valence electrons. The number of rotatable bonds is 4. The van der Waals surface area contributed by atoms with Crippen molar-refractivity contribution in [2.45, 2.75) is 50.7 Å². The number of pyridine rings is 1. The number of aromatic nitrogens is 1. The van der Waals surface area contributed by atoms with Crippen molar-refractivity contribution in [3.05, 3.63) is 62.8 Å². The Morgan fingerprint density at radius 2 is 1.94 bits per heavy atom. The van der Waals surface area contributed by atoms with Crippen molar-refractivity contribution in [1.82, 2.24) is 14.8 Å². The Labute approximate surface area is 185 Å². The molecule has 3 heterocycles. The lowest BCUT2D eigenvalue weighted by molar-refractivity contribution is -0.132. The highest BCUT2D eigenvalue weighted by Crippen LogP contribution is 2.38. The fraction of sp³-hybridized carbons (Fsp3) is 0.409. The van der Waals surface area contributed by atoms with Gasteiger partial charge in [-0.1, -0.05) is 0 Å². The second-order valence-corrected chi connectivity index (χ2v) is 8.33. The second kappa shape index (κ2) is 7.91. The Morgan fingerprint density at radius 3 is 2.64 bits per heavy atom. The summed E-state index contributed by atoms with van der Waals surface area (Å²) < 4.78 is 53.5. The van der Waals surface area contributed by atoms with Crippen LogP contribution in [0.25, 0.3) is 0 Å². The van der Waals surface area contributed by atoms with Gasteiger partial charge in [-0.15, -0.1) is 0 Å². The van der Waals surface area contributed by atoms with E-state index in [0.717, 1.165) is 19.3 Å². The summed E-state index contributed by atoms with van der Waals surface area (Å²) in [7, 11) is 1.22. The van der Waals surface area contributed by atoms with Gasteiger partial charge in [-0.25, -0.2) is 13.2 Å². The fourth-order valence-electron chi connectivity index (χ4n) is 4.89. The molecule has 0 unspecified atom stereocenters. The van der Waals surface area contributed by atoms with Crippen molar-refractivity contribution in [2.24, 2.45) is 0 Å². The minimum atomic E-state index is -1.16. The molecule has 11 heteroatoms. The Hall–Kier alpha value is -3.34. The number of methoxy groups -OCH3 is 1. The molecular weight excluding hydrogens is 443 g/mol. The average Bonchev–Trinajstić information content (AvgIpc) is 3.13. The zero-order chi connectivity index (χ0) is 23.4. The lowest BCUT2D eigenvalue weighted by atomic mass is 10.1. The molecule has 1 aromatic carbocycles. The highest BCUT2D eigenvalue weighted by Gasteiger charge is 2.47. The summed E-state index contributed by atoms with van der Waals surface area (Å²) >= 11 is 0. The van der Waals surface area contributed by atoms with Crippen LogP contribution in [0, 0.1) is 17.5 Å². The van der Waals surface area contributed by atoms with Crippen molar-refractivity contribution in [2.75, 3.05) is 7.11 Å². The first kappa shape index (κ1) is 21.5. The first-order valence-electron chi connectivity index (χ1n) is 10.5. The van der Waals surface area contributed by atoms with Crippen LogP contribution in [0.2, 0.25) is 0 Å². The summed E-state index contributed by atoms with van der Waals surface area (Å²) in [5, 5.41) is 2.27. The van der Waals surface area contributed by atoms with Crippen LogP contribution < -0.4 is 15.5 Å². The molecule has 2 aromatic rings. The molecular formula is C22H20F3N3O5. The summed E-state index contributed by atoms with van der Waals surface area (Å²) in [6.45, 7) is -0.408. The van der Waals surface area contributed by atoms with Gasteiger partial charge in [-0.05, 0) is 19.3 Å². The molecule has 33 heavy (non-hydrogen) atoms. The molecule has 3 atom stereocenters. The number of fused-ring (bicyclic) bond motifs is 5. The van der Waals surface area contributed by atoms with Gasteiger partial charge < -0.3 is 24.3 Å². The minimum Gasteiger partial charge on any atom is -0.491 e. The molecule has 2 fully saturated rings. The molecule has 0 spiro atoms. The minimum absolute atomic E-state index is 0.0262. The van der Waals surface area contributed by atoms with Crippen molar-refractivity contribution in [1.29, 1.82) is 0 Å². The number of nitrogens with zero attached hydrogens (tertiary/aromatic N) is 2. The summed E-state index contributed by atoms with van der Waals surface area (Å²) in [5.41, 5.74) is -1.71. The summed E-state index contributed by atoms with van der Waals surface area (Å²) in [5.74, 6) is -5.03. The molecule has 2 aliphatic heterocycles. The number of nitrogens with one attached hydrogen (secondary N) is 1. The van der Waals surface area contributed by atoms with Gasteiger partial charge in [0.05, 0.1) is 19.8 Å². The largest absolute Gasteiger partial charge is 0.491 e. The van der Waals surface area contributed by atoms with Crippen LogP contribution >= 0.6 is 0 Å². The highest BCUT2D eigenvalue weighted by atomic mass is 19.1. The Balaban J connectivity index is 1.47. The maximum atomic E-state index is 13.9. The van der Waals surface area contributed by atoms with Crippen molar-refractivity contribution in [3.63, 3.8) is 0 Å². The van der Waals surface area contributed by atoms with Crippen LogP contribution in [0.3, 0.4) is 0 Å². The van der Waals surface area contributed by atoms with Crippen molar-refractivity contribution in [3.8, 4) is 5.75 Å². The van der Waals surface area contributed by atoms with E-state index in [-0.39, 0.29) is 35.7 Å². The number of hydrogen-bond acceptors (Lipinski definition) is 5. The fourth-order valence-corrected chi connectivity index (χ4v) is 4.89. The van der Waals surface area contributed by atoms with Crippen LogP contribution in [0.1, 0.15) is 45.7 Å². The molecule has 1 N–H and O–H groups in total. The zero-order valence-electron chi connectivity index (χ0n) is 17.6. The van der Waals surface area contributed by atoms with E-state index < -0.39 is 53.0 Å². The van der Waals surface area contributed by atoms with Crippen LogP contribution in [-0.4, -0.2) is 46.8 Å². The molecule has 2 bridgehead atoms. The summed E-state index contributed by atoms with van der Waals surface area (Å²) in [6, 6.07) is 1.02. The maximum Gasteiger partial charge on any atom is 0.276 e. The van der Waals surface area contributed by atoms with Gasteiger partial charge in [-0.2, -0.15) is 0 Å². The Bertz CT molecular complexity index is 1210. The number of carbonyl (C=O) groups is 2. The Kier molecular flexibility index (Phi) is 5.15. The standard InChI is InChI=1S/C22H20F3N3O5/c1-32-20-18-22(31)28-11-2-3-12(6-11)33-17(28)9-27(18)8-14(19(20)29)21(30)26-7-13-15(24)4-10(23)5-16(13)25/h4-5,8,11-12,17H,2-3,6-7,9H2,1H3,(H,26,30)/t11-,12+,17-/m0/s1. The van der Waals surface area contributed by atoms with E-state index in [1.165, 1.54) is 17.9 Å². The lowest BCUT2D eigenvalue weighted by Gasteiger charge is -2.44. The molecule has 1 saturated heterocycles. The van der Waals surface area contributed by atoms with Crippen LogP contribution in [0.5, 0.6) is 5.75 Å². The van der Waals surface area contributed by atoms with Crippen molar-refractivity contribution >= 4 is 11.8 Å². The number of halogens is 3. The van der Waals surface area contributed by atoms with E-state index >= 15 is 0 Å². The van der Waals surface area contributed by atoms with Gasteiger partial charge in [0, 0.05) is 36.5 Å². The molecule has 2 amide bonds. The van der Waals surface area contributed by atoms with E-state index in [2.05, 4.69) is 5.32 Å². The zero-order valence-corrected chi connectivity index (χ0v) is 17.6. The first-order chi connectivity index (χ1) is 15.8. The second-order valence-electron chi connectivity index (χ2n) is 8.33. The molecule has 8 nitrogen and oxygen atoms in total. The van der Waals surface area contributed by atoms with E-state index in [4.69, 9.17) is 9.47 Å². The van der Waals surface area contributed by atoms with Gasteiger partial charge in [0.2, 0.25) is 5.43 Å². The topological polar surface area (TPSA) is 89.9 Å². The maximum absolute atomic E-state index is 13.9. The monoisotopic (exact) mass is 463 g/mol.